The van der Waals surface area contributed by atoms with Gasteiger partial charge in [0.25, 0.3) is 0 Å². The van der Waals surface area contributed by atoms with Gasteiger partial charge in [-0.3, -0.25) is 9.10 Å². The summed E-state index contributed by atoms with van der Waals surface area (Å²) in [5, 5.41) is 0. The standard InChI is InChI=1S/C19H18BrNO5S/c1-27(24,25)21-10-4-5-13-11-14(8-9-17(13)21)18(22)12-26-19(23)15-6-2-3-7-16(15)20/h2-3,6-9,11H,4-5,10,12H2,1H3. The van der Waals surface area contributed by atoms with Gasteiger partial charge in [0.15, 0.2) is 12.4 Å². The highest BCUT2D eigenvalue weighted by atomic mass is 79.9. The third kappa shape index (κ3) is 4.39. The van der Waals surface area contributed by atoms with E-state index in [1.54, 1.807) is 42.5 Å². The Balaban J connectivity index is 1.73. The third-order valence-corrected chi connectivity index (χ3v) is 6.18. The highest BCUT2D eigenvalue weighted by Gasteiger charge is 2.25. The number of carbonyl (C=O) groups is 2. The number of nitrogens with zero attached hydrogens (tertiary/aromatic N) is 1. The number of hydrogen-bond donors (Lipinski definition) is 0. The van der Waals surface area contributed by atoms with Gasteiger partial charge in [-0.2, -0.15) is 0 Å². The Morgan fingerprint density at radius 1 is 1.19 bits per heavy atom. The normalized spacial score (nSPS) is 13.8. The summed E-state index contributed by atoms with van der Waals surface area (Å²) in [6, 6.07) is 11.7. The zero-order valence-corrected chi connectivity index (χ0v) is 17.0. The lowest BCUT2D eigenvalue weighted by molar-refractivity contribution is 0.0474. The summed E-state index contributed by atoms with van der Waals surface area (Å²) in [6.07, 6.45) is 2.55. The fourth-order valence-electron chi connectivity index (χ4n) is 3.00. The van der Waals surface area contributed by atoms with Crippen molar-refractivity contribution in [1.29, 1.82) is 0 Å². The molecule has 1 aliphatic heterocycles. The van der Waals surface area contributed by atoms with Crippen LogP contribution >= 0.6 is 15.9 Å². The van der Waals surface area contributed by atoms with Gasteiger partial charge in [0.1, 0.15) is 0 Å². The first-order valence-electron chi connectivity index (χ1n) is 8.33. The number of ether oxygens (including phenoxy) is 1. The maximum absolute atomic E-state index is 12.4. The van der Waals surface area contributed by atoms with Crippen molar-refractivity contribution in [2.24, 2.45) is 0 Å². The van der Waals surface area contributed by atoms with Crippen LogP contribution in [0.4, 0.5) is 5.69 Å². The molecule has 0 radical (unpaired) electrons. The van der Waals surface area contributed by atoms with Crippen molar-refractivity contribution < 1.29 is 22.7 Å². The molecule has 142 valence electrons. The predicted molar refractivity (Wildman–Crippen MR) is 106 cm³/mol. The highest BCUT2D eigenvalue weighted by Crippen LogP contribution is 2.30. The topological polar surface area (TPSA) is 80.8 Å². The highest BCUT2D eigenvalue weighted by molar-refractivity contribution is 9.10. The number of benzene rings is 2. The molecule has 0 N–H and O–H groups in total. The molecule has 2 aromatic rings. The number of Topliss-reactive ketones (excluding diaryl/α,β-unsaturated/α-hetero) is 1. The Morgan fingerprint density at radius 3 is 2.63 bits per heavy atom. The lowest BCUT2D eigenvalue weighted by Crippen LogP contribution is -2.34. The van der Waals surface area contributed by atoms with Crippen LogP contribution in [0.2, 0.25) is 0 Å². The molecule has 0 fully saturated rings. The lowest BCUT2D eigenvalue weighted by Gasteiger charge is -2.29. The Labute approximate surface area is 166 Å². The Hall–Kier alpha value is -2.19. The van der Waals surface area contributed by atoms with Crippen molar-refractivity contribution >= 4 is 43.4 Å². The molecule has 6 nitrogen and oxygen atoms in total. The Bertz CT molecular complexity index is 1000. The summed E-state index contributed by atoms with van der Waals surface area (Å²) in [5.74, 6) is -0.924. The van der Waals surface area contributed by atoms with Crippen LogP contribution in [-0.2, 0) is 21.2 Å². The van der Waals surface area contributed by atoms with Crippen molar-refractivity contribution in [1.82, 2.24) is 0 Å². The molecule has 8 heteroatoms. The van der Waals surface area contributed by atoms with Gasteiger partial charge in [-0.05, 0) is 64.7 Å². The van der Waals surface area contributed by atoms with Crippen LogP contribution < -0.4 is 4.31 Å². The first-order chi connectivity index (χ1) is 12.8. The number of rotatable bonds is 5. The lowest BCUT2D eigenvalue weighted by atomic mass is 9.99. The summed E-state index contributed by atoms with van der Waals surface area (Å²) in [6.45, 7) is 0.0530. The van der Waals surface area contributed by atoms with E-state index >= 15 is 0 Å². The minimum absolute atomic E-state index is 0.338. The van der Waals surface area contributed by atoms with Crippen LogP contribution in [-0.4, -0.2) is 39.6 Å². The van der Waals surface area contributed by atoms with Gasteiger partial charge in [-0.15, -0.1) is 0 Å². The third-order valence-electron chi connectivity index (χ3n) is 4.31. The van der Waals surface area contributed by atoms with Crippen molar-refractivity contribution in [3.63, 3.8) is 0 Å². The molecular weight excluding hydrogens is 434 g/mol. The molecule has 0 amide bonds. The smallest absolute Gasteiger partial charge is 0.339 e. The number of hydrogen-bond acceptors (Lipinski definition) is 5. The number of ketones is 1. The summed E-state index contributed by atoms with van der Waals surface area (Å²) in [7, 11) is -3.35. The van der Waals surface area contributed by atoms with Crippen LogP contribution in [0.25, 0.3) is 0 Å². The van der Waals surface area contributed by atoms with Gasteiger partial charge >= 0.3 is 5.97 Å². The van der Waals surface area contributed by atoms with E-state index in [9.17, 15) is 18.0 Å². The van der Waals surface area contributed by atoms with Crippen LogP contribution in [0, 0.1) is 0 Å². The van der Waals surface area contributed by atoms with Crippen LogP contribution in [0.3, 0.4) is 0 Å². The molecule has 1 heterocycles. The molecule has 0 bridgehead atoms. The van der Waals surface area contributed by atoms with Gasteiger partial charge in [0, 0.05) is 16.6 Å². The molecule has 1 aliphatic rings. The maximum atomic E-state index is 12.4. The number of anilines is 1. The predicted octanol–water partition coefficient (Wildman–Crippen LogP) is 3.20. The van der Waals surface area contributed by atoms with Crippen molar-refractivity contribution in [3.8, 4) is 0 Å². The van der Waals surface area contributed by atoms with Gasteiger partial charge in [0.2, 0.25) is 10.0 Å². The zero-order valence-electron chi connectivity index (χ0n) is 14.6. The second kappa shape index (κ2) is 7.82. The van der Waals surface area contributed by atoms with Crippen molar-refractivity contribution in [3.05, 3.63) is 63.6 Å². The molecule has 0 aliphatic carbocycles. The van der Waals surface area contributed by atoms with Crippen molar-refractivity contribution in [2.45, 2.75) is 12.8 Å². The number of carbonyl (C=O) groups excluding carboxylic acids is 2. The molecule has 27 heavy (non-hydrogen) atoms. The van der Waals surface area contributed by atoms with E-state index in [1.807, 2.05) is 0 Å². The van der Waals surface area contributed by atoms with E-state index in [1.165, 1.54) is 10.6 Å². The SMILES string of the molecule is CS(=O)(=O)N1CCCc2cc(C(=O)COC(=O)c3ccccc3Br)ccc21. The van der Waals surface area contributed by atoms with E-state index in [0.717, 1.165) is 5.56 Å². The minimum atomic E-state index is -3.35. The average Bonchev–Trinajstić information content (AvgIpc) is 2.64. The zero-order chi connectivity index (χ0) is 19.6. The molecule has 0 spiro atoms. The molecule has 0 atom stereocenters. The fourth-order valence-corrected chi connectivity index (χ4v) is 4.44. The van der Waals surface area contributed by atoms with Crippen LogP contribution in [0.15, 0.2) is 46.9 Å². The van der Waals surface area contributed by atoms with E-state index < -0.39 is 16.0 Å². The van der Waals surface area contributed by atoms with Crippen LogP contribution in [0.1, 0.15) is 32.7 Å². The van der Waals surface area contributed by atoms with Gasteiger partial charge < -0.3 is 4.74 Å². The van der Waals surface area contributed by atoms with Crippen LogP contribution in [0.5, 0.6) is 0 Å². The van der Waals surface area contributed by atoms with Gasteiger partial charge in [-0.25, -0.2) is 13.2 Å². The quantitative estimate of drug-likeness (QED) is 0.514. The second-order valence-corrected chi connectivity index (χ2v) is 9.02. The summed E-state index contributed by atoms with van der Waals surface area (Å²) < 4.78 is 30.9. The molecule has 2 aromatic carbocycles. The number of esters is 1. The van der Waals surface area contributed by atoms with Gasteiger partial charge in [-0.1, -0.05) is 12.1 Å². The first-order valence-corrected chi connectivity index (χ1v) is 11.0. The molecular formula is C19H18BrNO5S. The van der Waals surface area contributed by atoms with E-state index in [4.69, 9.17) is 4.74 Å². The van der Waals surface area contributed by atoms with Crippen molar-refractivity contribution in [2.75, 3.05) is 23.7 Å². The number of halogens is 1. The fraction of sp³-hybridized carbons (Fsp3) is 0.263. The molecule has 0 aromatic heterocycles. The summed E-state index contributed by atoms with van der Waals surface area (Å²) in [4.78, 5) is 24.5. The monoisotopic (exact) mass is 451 g/mol. The maximum Gasteiger partial charge on any atom is 0.339 e. The van der Waals surface area contributed by atoms with Gasteiger partial charge in [0.05, 0.1) is 17.5 Å². The second-order valence-electron chi connectivity index (χ2n) is 6.26. The minimum Gasteiger partial charge on any atom is -0.454 e. The molecule has 0 unspecified atom stereocenters. The largest absolute Gasteiger partial charge is 0.454 e. The summed E-state index contributed by atoms with van der Waals surface area (Å²) in [5.41, 5.74) is 2.14. The molecule has 3 rings (SSSR count). The number of sulfonamides is 1. The van der Waals surface area contributed by atoms with E-state index in [2.05, 4.69) is 15.9 Å². The molecule has 0 saturated carbocycles. The van der Waals surface area contributed by atoms with E-state index in [0.29, 0.717) is 40.7 Å². The average molecular weight is 452 g/mol. The Kier molecular flexibility index (Phi) is 5.67. The Morgan fingerprint density at radius 2 is 1.93 bits per heavy atom. The summed E-state index contributed by atoms with van der Waals surface area (Å²) >= 11 is 3.27. The molecule has 0 saturated heterocycles. The van der Waals surface area contributed by atoms with E-state index in [-0.39, 0.29) is 12.4 Å². The number of fused-ring (bicyclic) bond motifs is 1. The number of aryl methyl sites for hydroxylation is 1. The first kappa shape index (κ1) is 19.6.